The fraction of sp³-hybridized carbons (Fsp3) is 0.300. The summed E-state index contributed by atoms with van der Waals surface area (Å²) in [6, 6.07) is 0. The van der Waals surface area contributed by atoms with Crippen molar-refractivity contribution in [1.29, 1.82) is 0 Å². The van der Waals surface area contributed by atoms with E-state index in [0.29, 0.717) is 18.1 Å². The molecule has 2 aromatic heterocycles. The summed E-state index contributed by atoms with van der Waals surface area (Å²) in [4.78, 5) is 23.1. The van der Waals surface area contributed by atoms with Gasteiger partial charge in [-0.3, -0.25) is 9.78 Å². The number of carbonyl (C=O) groups is 1. The molecule has 0 aliphatic carbocycles. The minimum Gasteiger partial charge on any atom is -0.466 e. The molecule has 17 heavy (non-hydrogen) atoms. The standard InChI is InChI=1S/C10H10N4O3/c1-2-16-9(15)5-8-13-10(14-17-8)7-6-11-3-4-12-7/h3-4,6H,2,5H2,1H3. The highest BCUT2D eigenvalue weighted by Gasteiger charge is 2.13. The smallest absolute Gasteiger partial charge is 0.315 e. The van der Waals surface area contributed by atoms with Gasteiger partial charge in [-0.25, -0.2) is 4.98 Å². The molecule has 0 amide bonds. The van der Waals surface area contributed by atoms with Gasteiger partial charge in [0, 0.05) is 12.4 Å². The summed E-state index contributed by atoms with van der Waals surface area (Å²) >= 11 is 0. The maximum Gasteiger partial charge on any atom is 0.315 e. The van der Waals surface area contributed by atoms with E-state index >= 15 is 0 Å². The lowest BCUT2D eigenvalue weighted by Gasteiger charge is -1.96. The molecule has 0 unspecified atom stereocenters. The Bertz CT molecular complexity index is 497. The number of carbonyl (C=O) groups excluding carboxylic acids is 1. The van der Waals surface area contributed by atoms with Crippen molar-refractivity contribution in [2.24, 2.45) is 0 Å². The summed E-state index contributed by atoms with van der Waals surface area (Å²) in [6.45, 7) is 2.06. The van der Waals surface area contributed by atoms with Crippen LogP contribution in [0.2, 0.25) is 0 Å². The van der Waals surface area contributed by atoms with Crippen LogP contribution in [0, 0.1) is 0 Å². The lowest BCUT2D eigenvalue weighted by molar-refractivity contribution is -0.142. The van der Waals surface area contributed by atoms with Gasteiger partial charge >= 0.3 is 5.97 Å². The molecule has 0 bridgehead atoms. The minimum absolute atomic E-state index is 0.0406. The van der Waals surface area contributed by atoms with Crippen LogP contribution < -0.4 is 0 Å². The molecule has 0 radical (unpaired) electrons. The molecule has 2 rings (SSSR count). The number of hydrogen-bond donors (Lipinski definition) is 0. The Morgan fingerprint density at radius 2 is 2.35 bits per heavy atom. The van der Waals surface area contributed by atoms with Gasteiger partial charge in [0.25, 0.3) is 0 Å². The fourth-order valence-corrected chi connectivity index (χ4v) is 1.18. The number of rotatable bonds is 4. The zero-order valence-electron chi connectivity index (χ0n) is 9.16. The Kier molecular flexibility index (Phi) is 3.39. The van der Waals surface area contributed by atoms with Crippen LogP contribution in [-0.2, 0) is 16.0 Å². The molecule has 0 aromatic carbocycles. The van der Waals surface area contributed by atoms with Crippen LogP contribution in [0.4, 0.5) is 0 Å². The highest BCUT2D eigenvalue weighted by molar-refractivity contribution is 5.71. The summed E-state index contributed by atoms with van der Waals surface area (Å²) in [6.07, 6.45) is 4.54. The first-order valence-electron chi connectivity index (χ1n) is 5.04. The predicted octanol–water partition coefficient (Wildman–Crippen LogP) is 0.632. The van der Waals surface area contributed by atoms with E-state index in [1.54, 1.807) is 13.1 Å². The molecule has 0 spiro atoms. The summed E-state index contributed by atoms with van der Waals surface area (Å²) < 4.78 is 9.67. The van der Waals surface area contributed by atoms with E-state index in [1.165, 1.54) is 12.4 Å². The molecular formula is C10H10N4O3. The topological polar surface area (TPSA) is 91.0 Å². The Hall–Kier alpha value is -2.31. The molecule has 0 aliphatic heterocycles. The predicted molar refractivity (Wildman–Crippen MR) is 55.7 cm³/mol. The zero-order valence-corrected chi connectivity index (χ0v) is 9.16. The molecule has 0 N–H and O–H groups in total. The van der Waals surface area contributed by atoms with Crippen LogP contribution in [0.5, 0.6) is 0 Å². The van der Waals surface area contributed by atoms with Crippen molar-refractivity contribution >= 4 is 5.97 Å². The van der Waals surface area contributed by atoms with Crippen molar-refractivity contribution in [3.8, 4) is 11.5 Å². The molecule has 0 aliphatic rings. The minimum atomic E-state index is -0.401. The van der Waals surface area contributed by atoms with Crippen molar-refractivity contribution in [2.75, 3.05) is 6.61 Å². The molecular weight excluding hydrogens is 224 g/mol. The second kappa shape index (κ2) is 5.15. The number of ether oxygens (including phenoxy) is 1. The fourth-order valence-electron chi connectivity index (χ4n) is 1.18. The molecule has 0 fully saturated rings. The highest BCUT2D eigenvalue weighted by Crippen LogP contribution is 2.11. The SMILES string of the molecule is CCOC(=O)Cc1nc(-c2cnccn2)no1. The molecule has 7 nitrogen and oxygen atoms in total. The Balaban J connectivity index is 2.09. The van der Waals surface area contributed by atoms with E-state index in [2.05, 4.69) is 20.1 Å². The van der Waals surface area contributed by atoms with Gasteiger partial charge in [-0.2, -0.15) is 4.98 Å². The molecule has 88 valence electrons. The quantitative estimate of drug-likeness (QED) is 0.716. The van der Waals surface area contributed by atoms with Crippen molar-refractivity contribution in [3.63, 3.8) is 0 Å². The van der Waals surface area contributed by atoms with E-state index in [0.717, 1.165) is 0 Å². The molecule has 0 saturated carbocycles. The van der Waals surface area contributed by atoms with E-state index in [1.807, 2.05) is 0 Å². The lowest BCUT2D eigenvalue weighted by Crippen LogP contribution is -2.07. The summed E-state index contributed by atoms with van der Waals surface area (Å²) in [7, 11) is 0. The number of hydrogen-bond acceptors (Lipinski definition) is 7. The molecule has 0 saturated heterocycles. The van der Waals surface area contributed by atoms with Crippen LogP contribution in [0.15, 0.2) is 23.1 Å². The second-order valence-electron chi connectivity index (χ2n) is 3.08. The third kappa shape index (κ3) is 2.83. The average molecular weight is 234 g/mol. The van der Waals surface area contributed by atoms with Gasteiger partial charge in [0.2, 0.25) is 11.7 Å². The van der Waals surface area contributed by atoms with E-state index in [9.17, 15) is 4.79 Å². The number of nitrogens with zero attached hydrogens (tertiary/aromatic N) is 4. The average Bonchev–Trinajstić information content (AvgIpc) is 2.79. The first kappa shape index (κ1) is 11.2. The maximum atomic E-state index is 11.2. The highest BCUT2D eigenvalue weighted by atomic mass is 16.5. The Morgan fingerprint density at radius 1 is 1.47 bits per heavy atom. The first-order chi connectivity index (χ1) is 8.29. The Morgan fingerprint density at radius 3 is 3.06 bits per heavy atom. The van der Waals surface area contributed by atoms with Gasteiger partial charge in [-0.05, 0) is 6.92 Å². The van der Waals surface area contributed by atoms with Crippen LogP contribution in [-0.4, -0.2) is 32.7 Å². The second-order valence-corrected chi connectivity index (χ2v) is 3.08. The number of esters is 1. The van der Waals surface area contributed by atoms with Crippen LogP contribution in [0.1, 0.15) is 12.8 Å². The van der Waals surface area contributed by atoms with Gasteiger partial charge in [0.05, 0.1) is 12.8 Å². The van der Waals surface area contributed by atoms with E-state index < -0.39 is 5.97 Å². The van der Waals surface area contributed by atoms with Crippen LogP contribution in [0.3, 0.4) is 0 Å². The lowest BCUT2D eigenvalue weighted by atomic mass is 10.4. The van der Waals surface area contributed by atoms with Crippen LogP contribution in [0.25, 0.3) is 11.5 Å². The van der Waals surface area contributed by atoms with Gasteiger partial charge in [-0.15, -0.1) is 0 Å². The maximum absolute atomic E-state index is 11.2. The Labute approximate surface area is 96.8 Å². The van der Waals surface area contributed by atoms with Gasteiger partial charge in [-0.1, -0.05) is 5.16 Å². The summed E-state index contributed by atoms with van der Waals surface area (Å²) in [5, 5.41) is 3.70. The third-order valence-electron chi connectivity index (χ3n) is 1.86. The van der Waals surface area contributed by atoms with Gasteiger partial charge < -0.3 is 9.26 Å². The first-order valence-corrected chi connectivity index (χ1v) is 5.04. The number of aromatic nitrogens is 4. The largest absolute Gasteiger partial charge is 0.466 e. The van der Waals surface area contributed by atoms with Crippen molar-refractivity contribution in [2.45, 2.75) is 13.3 Å². The van der Waals surface area contributed by atoms with E-state index in [4.69, 9.17) is 9.26 Å². The van der Waals surface area contributed by atoms with Gasteiger partial charge in [0.1, 0.15) is 12.1 Å². The van der Waals surface area contributed by atoms with Crippen molar-refractivity contribution in [1.82, 2.24) is 20.1 Å². The third-order valence-corrected chi connectivity index (χ3v) is 1.86. The van der Waals surface area contributed by atoms with E-state index in [-0.39, 0.29) is 12.3 Å². The van der Waals surface area contributed by atoms with Gasteiger partial charge in [0.15, 0.2) is 0 Å². The summed E-state index contributed by atoms with van der Waals surface area (Å²) in [5.74, 6) is 0.100. The molecule has 2 aromatic rings. The monoisotopic (exact) mass is 234 g/mol. The molecule has 7 heteroatoms. The summed E-state index contributed by atoms with van der Waals surface area (Å²) in [5.41, 5.74) is 0.492. The van der Waals surface area contributed by atoms with Crippen molar-refractivity contribution < 1.29 is 14.1 Å². The van der Waals surface area contributed by atoms with Crippen LogP contribution >= 0.6 is 0 Å². The zero-order chi connectivity index (χ0) is 12.1. The normalized spacial score (nSPS) is 10.2. The molecule has 0 atom stereocenters. The molecule has 2 heterocycles. The van der Waals surface area contributed by atoms with Crippen molar-refractivity contribution in [3.05, 3.63) is 24.5 Å².